The zero-order valence-corrected chi connectivity index (χ0v) is 11.1. The highest BCUT2D eigenvalue weighted by molar-refractivity contribution is 9.10. The lowest BCUT2D eigenvalue weighted by atomic mass is 10.3. The molecule has 0 atom stereocenters. The van der Waals surface area contributed by atoms with E-state index in [0.717, 1.165) is 31.9 Å². The fourth-order valence-electron chi connectivity index (χ4n) is 1.83. The van der Waals surface area contributed by atoms with Crippen LogP contribution in [0.3, 0.4) is 0 Å². The largest absolute Gasteiger partial charge is 0.367 e. The molecule has 0 amide bonds. The average molecular weight is 299 g/mol. The zero-order chi connectivity index (χ0) is 12.3. The Morgan fingerprint density at radius 1 is 1.53 bits per heavy atom. The van der Waals surface area contributed by atoms with Gasteiger partial charge in [-0.2, -0.15) is 5.10 Å². The Morgan fingerprint density at radius 2 is 2.24 bits per heavy atom. The second kappa shape index (κ2) is 5.46. The Hall–Kier alpha value is -1.14. The standard InChI is InChI=1S/C11H15BrN4O/c1-2-5-16-11(17)10(12)9(8-14-16)15-6-3-13-4-7-15/h2,8,13H,1,3-7H2. The number of halogens is 1. The van der Waals surface area contributed by atoms with Crippen LogP contribution in [0.4, 0.5) is 5.69 Å². The van der Waals surface area contributed by atoms with Crippen molar-refractivity contribution in [2.45, 2.75) is 6.54 Å². The van der Waals surface area contributed by atoms with Gasteiger partial charge in [-0.25, -0.2) is 4.68 Å². The number of aromatic nitrogens is 2. The molecule has 5 nitrogen and oxygen atoms in total. The highest BCUT2D eigenvalue weighted by Gasteiger charge is 2.16. The maximum Gasteiger partial charge on any atom is 0.283 e. The van der Waals surface area contributed by atoms with E-state index in [9.17, 15) is 4.79 Å². The predicted molar refractivity (Wildman–Crippen MR) is 71.5 cm³/mol. The van der Waals surface area contributed by atoms with Crippen LogP contribution in [-0.4, -0.2) is 36.0 Å². The molecule has 2 heterocycles. The van der Waals surface area contributed by atoms with Crippen LogP contribution < -0.4 is 15.8 Å². The summed E-state index contributed by atoms with van der Waals surface area (Å²) in [5, 5.41) is 7.42. The van der Waals surface area contributed by atoms with Crippen LogP contribution in [-0.2, 0) is 6.54 Å². The zero-order valence-electron chi connectivity index (χ0n) is 9.53. The molecule has 1 saturated heterocycles. The van der Waals surface area contributed by atoms with Gasteiger partial charge in [-0.15, -0.1) is 6.58 Å². The van der Waals surface area contributed by atoms with E-state index < -0.39 is 0 Å². The van der Waals surface area contributed by atoms with Crippen molar-refractivity contribution in [1.82, 2.24) is 15.1 Å². The maximum atomic E-state index is 12.0. The molecule has 1 fully saturated rings. The van der Waals surface area contributed by atoms with Gasteiger partial charge >= 0.3 is 0 Å². The average Bonchev–Trinajstić information content (AvgIpc) is 2.36. The number of hydrogen-bond donors (Lipinski definition) is 1. The van der Waals surface area contributed by atoms with Crippen LogP contribution in [0.15, 0.2) is 28.1 Å². The van der Waals surface area contributed by atoms with E-state index in [-0.39, 0.29) is 5.56 Å². The second-order valence-electron chi connectivity index (χ2n) is 3.86. The van der Waals surface area contributed by atoms with Gasteiger partial charge in [-0.05, 0) is 15.9 Å². The number of nitrogens with one attached hydrogen (secondary N) is 1. The van der Waals surface area contributed by atoms with Gasteiger partial charge in [0.05, 0.1) is 18.4 Å². The summed E-state index contributed by atoms with van der Waals surface area (Å²) < 4.78 is 1.97. The quantitative estimate of drug-likeness (QED) is 0.831. The topological polar surface area (TPSA) is 50.2 Å². The van der Waals surface area contributed by atoms with Crippen molar-refractivity contribution < 1.29 is 0 Å². The Morgan fingerprint density at radius 3 is 2.88 bits per heavy atom. The first kappa shape index (κ1) is 12.3. The van der Waals surface area contributed by atoms with Crippen molar-refractivity contribution in [3.8, 4) is 0 Å². The fraction of sp³-hybridized carbons (Fsp3) is 0.455. The van der Waals surface area contributed by atoms with Gasteiger partial charge in [0.1, 0.15) is 4.47 Å². The van der Waals surface area contributed by atoms with Gasteiger partial charge in [0.2, 0.25) is 0 Å². The minimum absolute atomic E-state index is 0.110. The van der Waals surface area contributed by atoms with Crippen LogP contribution >= 0.6 is 15.9 Å². The fourth-order valence-corrected chi connectivity index (χ4v) is 2.39. The third-order valence-corrected chi connectivity index (χ3v) is 3.47. The van der Waals surface area contributed by atoms with E-state index in [1.54, 1.807) is 12.3 Å². The van der Waals surface area contributed by atoms with Gasteiger partial charge in [0.15, 0.2) is 0 Å². The van der Waals surface area contributed by atoms with E-state index in [1.807, 2.05) is 0 Å². The van der Waals surface area contributed by atoms with Gasteiger partial charge in [0, 0.05) is 26.2 Å². The maximum absolute atomic E-state index is 12.0. The molecule has 0 radical (unpaired) electrons. The number of anilines is 1. The van der Waals surface area contributed by atoms with Gasteiger partial charge in [-0.1, -0.05) is 6.08 Å². The van der Waals surface area contributed by atoms with Crippen molar-refractivity contribution in [2.24, 2.45) is 0 Å². The van der Waals surface area contributed by atoms with E-state index in [4.69, 9.17) is 0 Å². The molecular formula is C11H15BrN4O. The number of allylic oxidation sites excluding steroid dienone is 1. The molecule has 6 heteroatoms. The molecule has 1 aromatic rings. The summed E-state index contributed by atoms with van der Waals surface area (Å²) in [4.78, 5) is 14.1. The van der Waals surface area contributed by atoms with Gasteiger partial charge in [0.25, 0.3) is 5.56 Å². The highest BCUT2D eigenvalue weighted by Crippen LogP contribution is 2.21. The molecule has 92 valence electrons. The van der Waals surface area contributed by atoms with E-state index in [2.05, 4.69) is 37.8 Å². The summed E-state index contributed by atoms with van der Waals surface area (Å²) in [6.45, 7) is 7.69. The summed E-state index contributed by atoms with van der Waals surface area (Å²) in [6, 6.07) is 0. The Bertz CT molecular complexity index is 465. The summed E-state index contributed by atoms with van der Waals surface area (Å²) >= 11 is 3.37. The van der Waals surface area contributed by atoms with Crippen molar-refractivity contribution in [2.75, 3.05) is 31.1 Å². The summed E-state index contributed by atoms with van der Waals surface area (Å²) in [7, 11) is 0. The lowest BCUT2D eigenvalue weighted by Crippen LogP contribution is -2.44. The van der Waals surface area contributed by atoms with Crippen LogP contribution in [0.1, 0.15) is 0 Å². The molecule has 0 aromatic carbocycles. The van der Waals surface area contributed by atoms with Crippen molar-refractivity contribution in [3.05, 3.63) is 33.7 Å². The van der Waals surface area contributed by atoms with Crippen molar-refractivity contribution in [3.63, 3.8) is 0 Å². The molecule has 0 spiro atoms. The van der Waals surface area contributed by atoms with Crippen LogP contribution in [0, 0.1) is 0 Å². The van der Waals surface area contributed by atoms with Gasteiger partial charge in [-0.3, -0.25) is 4.79 Å². The molecule has 17 heavy (non-hydrogen) atoms. The molecule has 1 aliphatic heterocycles. The first-order valence-electron chi connectivity index (χ1n) is 5.56. The summed E-state index contributed by atoms with van der Waals surface area (Å²) in [5.74, 6) is 0. The van der Waals surface area contributed by atoms with E-state index in [1.165, 1.54) is 4.68 Å². The number of rotatable bonds is 3. The molecule has 0 saturated carbocycles. The number of nitrogens with zero attached hydrogens (tertiary/aromatic N) is 3. The molecule has 1 aromatic heterocycles. The molecule has 2 rings (SSSR count). The van der Waals surface area contributed by atoms with Crippen LogP contribution in [0.25, 0.3) is 0 Å². The normalized spacial score (nSPS) is 15.9. The monoisotopic (exact) mass is 298 g/mol. The Kier molecular flexibility index (Phi) is 3.96. The third kappa shape index (κ3) is 2.58. The van der Waals surface area contributed by atoms with Crippen LogP contribution in [0.5, 0.6) is 0 Å². The molecule has 0 bridgehead atoms. The first-order chi connectivity index (χ1) is 8.24. The molecule has 1 aliphatic rings. The lowest BCUT2D eigenvalue weighted by Gasteiger charge is -2.29. The highest BCUT2D eigenvalue weighted by atomic mass is 79.9. The third-order valence-electron chi connectivity index (χ3n) is 2.73. The number of hydrogen-bond acceptors (Lipinski definition) is 4. The van der Waals surface area contributed by atoms with E-state index >= 15 is 0 Å². The minimum Gasteiger partial charge on any atom is -0.367 e. The SMILES string of the molecule is C=CCn1ncc(N2CCNCC2)c(Br)c1=O. The predicted octanol–water partition coefficient (Wildman–Crippen LogP) is 0.601. The summed E-state index contributed by atoms with van der Waals surface area (Å²) in [5.41, 5.74) is 0.762. The minimum atomic E-state index is -0.110. The van der Waals surface area contributed by atoms with E-state index in [0.29, 0.717) is 11.0 Å². The lowest BCUT2D eigenvalue weighted by molar-refractivity contribution is 0.581. The molecule has 0 aliphatic carbocycles. The van der Waals surface area contributed by atoms with Crippen molar-refractivity contribution >= 4 is 21.6 Å². The Balaban J connectivity index is 2.32. The second-order valence-corrected chi connectivity index (χ2v) is 4.65. The number of piperazine rings is 1. The molecule has 0 unspecified atom stereocenters. The molecular weight excluding hydrogens is 284 g/mol. The van der Waals surface area contributed by atoms with Crippen LogP contribution in [0.2, 0.25) is 0 Å². The van der Waals surface area contributed by atoms with Gasteiger partial charge < -0.3 is 10.2 Å². The Labute approximate surface area is 108 Å². The summed E-state index contributed by atoms with van der Waals surface area (Å²) in [6.07, 6.45) is 3.39. The van der Waals surface area contributed by atoms with Crippen molar-refractivity contribution in [1.29, 1.82) is 0 Å². The first-order valence-corrected chi connectivity index (χ1v) is 6.35. The molecule has 1 N–H and O–H groups in total. The smallest absolute Gasteiger partial charge is 0.283 e.